The molecule has 1 amide bonds. The van der Waals surface area contributed by atoms with E-state index in [2.05, 4.69) is 82.9 Å². The number of ether oxygens (including phenoxy) is 1. The molecule has 6 aliphatic carbocycles. The number of hydrogen-bond acceptors (Lipinski definition) is 7. The molecule has 1 aromatic rings. The van der Waals surface area contributed by atoms with Crippen LogP contribution in [-0.2, 0) is 37.0 Å². The Morgan fingerprint density at radius 3 is 2.11 bits per heavy atom. The monoisotopic (exact) mass is 841 g/mol. The molecule has 0 unspecified atom stereocenters. The van der Waals surface area contributed by atoms with Gasteiger partial charge in [-0.15, -0.1) is 0 Å². The number of esters is 1. The van der Waals surface area contributed by atoms with Crippen molar-refractivity contribution < 1.29 is 34.1 Å². The average Bonchev–Trinajstić information content (AvgIpc) is 3.47. The van der Waals surface area contributed by atoms with Crippen molar-refractivity contribution in [2.75, 3.05) is 13.1 Å². The van der Waals surface area contributed by atoms with Crippen LogP contribution in [-0.4, -0.2) is 64.0 Å². The topological polar surface area (TPSA) is 133 Å². The SMILES string of the molecule is CC(C)C1=C2[C@H]3CC[C@@H]4[C@@]5(C)CC[C@H](OC(=O)[C@H]6C[C@@H](C(=O)O)C6(C)C)C(C)(C)[C@@H]5CC[C@@]4(C)[C@]3(C)CC[C@@]2(CC(=O)NCc2ccc(CN3CCC(O)CC3)cc2)CC1=O. The van der Waals surface area contributed by atoms with Crippen molar-refractivity contribution >= 4 is 23.6 Å². The second-order valence-corrected chi connectivity index (χ2v) is 23.5. The number of carbonyl (C=O) groups excluding carboxylic acids is 3. The molecule has 10 atom stereocenters. The molecule has 3 N–H and O–H groups in total. The molecule has 0 bridgehead atoms. The lowest BCUT2D eigenvalue weighted by atomic mass is 9.33. The number of rotatable bonds is 10. The van der Waals surface area contributed by atoms with E-state index in [4.69, 9.17) is 4.74 Å². The number of carboxylic acids is 1. The zero-order chi connectivity index (χ0) is 44.1. The molecule has 61 heavy (non-hydrogen) atoms. The van der Waals surface area contributed by atoms with Crippen LogP contribution in [0, 0.1) is 68.0 Å². The molecule has 7 aliphatic rings. The van der Waals surface area contributed by atoms with E-state index in [9.17, 15) is 29.4 Å². The molecule has 6 fully saturated rings. The van der Waals surface area contributed by atoms with E-state index in [1.54, 1.807) is 0 Å². The maximum Gasteiger partial charge on any atom is 0.309 e. The fourth-order valence-electron chi connectivity index (χ4n) is 15.8. The van der Waals surface area contributed by atoms with Crippen LogP contribution < -0.4 is 5.32 Å². The van der Waals surface area contributed by atoms with Crippen molar-refractivity contribution in [2.45, 2.75) is 171 Å². The Morgan fingerprint density at radius 2 is 1.48 bits per heavy atom. The number of Topliss-reactive ketones (excluding diaryl/α,β-unsaturated/α-hetero) is 1. The Hall–Kier alpha value is -3.04. The third-order valence-electron chi connectivity index (χ3n) is 19.6. The van der Waals surface area contributed by atoms with Gasteiger partial charge < -0.3 is 20.3 Å². The molecule has 1 aliphatic heterocycles. The number of aliphatic hydroxyl groups excluding tert-OH is 1. The van der Waals surface area contributed by atoms with Gasteiger partial charge in [-0.1, -0.05) is 92.2 Å². The number of aliphatic hydroxyl groups is 1. The quantitative estimate of drug-likeness (QED) is 0.199. The maximum absolute atomic E-state index is 14.2. The van der Waals surface area contributed by atoms with Crippen molar-refractivity contribution in [2.24, 2.45) is 68.0 Å². The van der Waals surface area contributed by atoms with Crippen molar-refractivity contribution in [3.05, 3.63) is 46.5 Å². The van der Waals surface area contributed by atoms with Gasteiger partial charge in [0.15, 0.2) is 5.78 Å². The highest BCUT2D eigenvalue weighted by atomic mass is 16.5. The number of nitrogens with one attached hydrogen (secondary N) is 1. The van der Waals surface area contributed by atoms with Crippen molar-refractivity contribution in [3.8, 4) is 0 Å². The highest BCUT2D eigenvalue weighted by Gasteiger charge is 2.70. The molecule has 0 aromatic heterocycles. The van der Waals surface area contributed by atoms with E-state index in [0.717, 1.165) is 95.0 Å². The second kappa shape index (κ2) is 15.6. The summed E-state index contributed by atoms with van der Waals surface area (Å²) in [5.74, 6) is -0.414. The number of fused-ring (bicyclic) bond motifs is 7. The molecule has 0 radical (unpaired) electrons. The number of carboxylic acid groups (broad SMARTS) is 1. The predicted molar refractivity (Wildman–Crippen MR) is 236 cm³/mol. The minimum absolute atomic E-state index is 0.0103. The number of ketones is 1. The van der Waals surface area contributed by atoms with E-state index in [0.29, 0.717) is 37.6 Å². The Kier molecular flexibility index (Phi) is 11.4. The lowest BCUT2D eigenvalue weighted by Gasteiger charge is -2.72. The Morgan fingerprint density at radius 1 is 0.803 bits per heavy atom. The van der Waals surface area contributed by atoms with Gasteiger partial charge in [0, 0.05) is 49.9 Å². The van der Waals surface area contributed by atoms with Crippen LogP contribution in [0.4, 0.5) is 0 Å². The van der Waals surface area contributed by atoms with E-state index in [-0.39, 0.29) is 69.3 Å². The zero-order valence-corrected chi connectivity index (χ0v) is 38.8. The Balaban J connectivity index is 0.969. The first-order valence-electron chi connectivity index (χ1n) is 24.0. The molecule has 9 nitrogen and oxygen atoms in total. The number of likely N-dealkylation sites (tertiary alicyclic amines) is 1. The van der Waals surface area contributed by atoms with Gasteiger partial charge in [0.05, 0.1) is 17.9 Å². The van der Waals surface area contributed by atoms with Gasteiger partial charge in [0.1, 0.15) is 6.10 Å². The van der Waals surface area contributed by atoms with Crippen molar-refractivity contribution in [1.82, 2.24) is 10.2 Å². The van der Waals surface area contributed by atoms with Gasteiger partial charge in [0.2, 0.25) is 5.91 Å². The smallest absolute Gasteiger partial charge is 0.309 e. The van der Waals surface area contributed by atoms with Gasteiger partial charge in [-0.05, 0) is 133 Å². The number of amides is 1. The molecule has 0 spiro atoms. The molecular weight excluding hydrogens is 765 g/mol. The van der Waals surface area contributed by atoms with Crippen molar-refractivity contribution in [3.63, 3.8) is 0 Å². The molecule has 1 heterocycles. The van der Waals surface area contributed by atoms with Crippen LogP contribution in [0.15, 0.2) is 35.4 Å². The summed E-state index contributed by atoms with van der Waals surface area (Å²) in [6, 6.07) is 8.53. The van der Waals surface area contributed by atoms with Gasteiger partial charge in [0.25, 0.3) is 0 Å². The number of piperidine rings is 1. The van der Waals surface area contributed by atoms with Gasteiger partial charge in [-0.3, -0.25) is 24.1 Å². The van der Waals surface area contributed by atoms with Gasteiger partial charge >= 0.3 is 11.9 Å². The number of carbonyl (C=O) groups is 4. The normalized spacial score (nSPS) is 39.4. The van der Waals surface area contributed by atoms with Crippen LogP contribution in [0.25, 0.3) is 0 Å². The van der Waals surface area contributed by atoms with Crippen LogP contribution >= 0.6 is 0 Å². The van der Waals surface area contributed by atoms with Gasteiger partial charge in [-0.25, -0.2) is 0 Å². The third-order valence-corrected chi connectivity index (χ3v) is 19.6. The summed E-state index contributed by atoms with van der Waals surface area (Å²) in [5.41, 5.74) is 3.52. The second-order valence-electron chi connectivity index (χ2n) is 23.5. The maximum atomic E-state index is 14.2. The lowest BCUT2D eigenvalue weighted by Crippen LogP contribution is -2.66. The first-order chi connectivity index (χ1) is 28.6. The first kappa shape index (κ1) is 44.6. The number of benzene rings is 1. The summed E-state index contributed by atoms with van der Waals surface area (Å²) < 4.78 is 6.43. The Bertz CT molecular complexity index is 1940. The predicted octanol–water partition coefficient (Wildman–Crippen LogP) is 9.29. The largest absolute Gasteiger partial charge is 0.481 e. The van der Waals surface area contributed by atoms with Crippen LogP contribution in [0.2, 0.25) is 0 Å². The summed E-state index contributed by atoms with van der Waals surface area (Å²) in [4.78, 5) is 56.1. The Labute approximate surface area is 365 Å². The van der Waals surface area contributed by atoms with Crippen molar-refractivity contribution in [1.29, 1.82) is 0 Å². The van der Waals surface area contributed by atoms with Crippen LogP contribution in [0.1, 0.15) is 157 Å². The summed E-state index contributed by atoms with van der Waals surface area (Å²) >= 11 is 0. The van der Waals surface area contributed by atoms with Gasteiger partial charge in [-0.2, -0.15) is 0 Å². The molecule has 8 rings (SSSR count). The number of nitrogens with zero attached hydrogens (tertiary/aromatic N) is 1. The molecule has 5 saturated carbocycles. The number of hydrogen-bond donors (Lipinski definition) is 3. The molecule has 336 valence electrons. The lowest BCUT2D eigenvalue weighted by molar-refractivity contribution is -0.236. The minimum atomic E-state index is -0.831. The van der Waals surface area contributed by atoms with E-state index in [1.165, 1.54) is 11.1 Å². The molecule has 1 saturated heterocycles. The highest BCUT2D eigenvalue weighted by molar-refractivity contribution is 6.01. The minimum Gasteiger partial charge on any atom is -0.481 e. The summed E-state index contributed by atoms with van der Waals surface area (Å²) in [7, 11) is 0. The molecule has 9 heteroatoms. The fraction of sp³-hybridized carbons (Fsp3) is 0.769. The number of aliphatic carboxylic acids is 1. The van der Waals surface area contributed by atoms with Crippen LogP contribution in [0.5, 0.6) is 0 Å². The summed E-state index contributed by atoms with van der Waals surface area (Å²) in [6.45, 7) is 23.6. The summed E-state index contributed by atoms with van der Waals surface area (Å²) in [6.07, 6.45) is 10.4. The first-order valence-corrected chi connectivity index (χ1v) is 24.0. The van der Waals surface area contributed by atoms with E-state index < -0.39 is 22.7 Å². The molecule has 1 aromatic carbocycles. The zero-order valence-electron chi connectivity index (χ0n) is 38.8. The summed E-state index contributed by atoms with van der Waals surface area (Å²) in [5, 5.41) is 22.8. The van der Waals surface area contributed by atoms with E-state index in [1.807, 2.05) is 13.8 Å². The standard InChI is InChI=1S/C52H76N2O7/c1-31(2)43-38(56)27-52(28-42(57)53-29-32-10-12-33(13-11-32)30-54-24-18-34(55)19-25-54)23-22-50(8)35(44(43)52)14-15-40-49(7)20-17-41(48(5,6)39(49)16-21-51(40,50)9)61-46(60)37-26-36(45(58)59)47(37,3)4/h10-13,31,34-37,39-41,55H,14-30H2,1-9H3,(H,53,57)(H,58,59)/t35-,36+,37-,39+,40-,41+,49+,50-,51-,52+/m1/s1. The van der Waals surface area contributed by atoms with E-state index >= 15 is 0 Å². The average molecular weight is 841 g/mol. The fourth-order valence-corrected chi connectivity index (χ4v) is 15.8. The molecular formula is C52H76N2O7. The number of allylic oxidation sites excluding steroid dienone is 2. The highest BCUT2D eigenvalue weighted by Crippen LogP contribution is 2.77. The van der Waals surface area contributed by atoms with Crippen LogP contribution in [0.3, 0.4) is 0 Å². The third kappa shape index (κ3) is 7.17.